The monoisotopic (exact) mass is 492 g/mol. The zero-order valence-corrected chi connectivity index (χ0v) is 16.8. The first-order valence-corrected chi connectivity index (χ1v) is 9.11. The molecule has 2 aromatic carbocycles. The summed E-state index contributed by atoms with van der Waals surface area (Å²) < 4.78 is 21.0. The van der Waals surface area contributed by atoms with Gasteiger partial charge >= 0.3 is 5.97 Å². The second-order valence-corrected chi connectivity index (χ2v) is 6.80. The topological polar surface area (TPSA) is 85.6 Å². The van der Waals surface area contributed by atoms with E-state index in [2.05, 4.69) is 15.6 Å². The molecule has 0 bridgehead atoms. The smallest absolute Gasteiger partial charge is 0.365 e. The van der Waals surface area contributed by atoms with Crippen molar-refractivity contribution in [1.82, 2.24) is 15.2 Å². The van der Waals surface area contributed by atoms with Gasteiger partial charge in [-0.2, -0.15) is 10.2 Å². The lowest BCUT2D eigenvalue weighted by Crippen LogP contribution is -2.18. The number of hydrogen-bond donors (Lipinski definition) is 1. The molecule has 1 heterocycles. The van der Waals surface area contributed by atoms with Crippen LogP contribution in [0.4, 0.5) is 4.39 Å². The fraction of sp³-hybridized carbons (Fsp3) is 0.0526. The van der Waals surface area contributed by atoms with E-state index in [-0.39, 0.29) is 11.3 Å². The summed E-state index contributed by atoms with van der Waals surface area (Å²) in [6.45, 7) is 0. The van der Waals surface area contributed by atoms with Gasteiger partial charge in [0.2, 0.25) is 0 Å². The van der Waals surface area contributed by atoms with Gasteiger partial charge in [-0.1, -0.05) is 12.1 Å². The predicted molar refractivity (Wildman–Crippen MR) is 109 cm³/mol. The number of benzene rings is 2. The molecule has 0 spiro atoms. The minimum absolute atomic E-state index is 0.0916. The number of carbonyl (C=O) groups is 2. The number of nitrogens with zero attached hydrogens (tertiary/aromatic N) is 3. The minimum atomic E-state index is -0.648. The van der Waals surface area contributed by atoms with Gasteiger partial charge in [-0.05, 0) is 64.6 Å². The number of hydrazone groups is 1. The van der Waals surface area contributed by atoms with Gasteiger partial charge in [0.15, 0.2) is 5.69 Å². The Morgan fingerprint density at radius 1 is 1.21 bits per heavy atom. The number of carbonyl (C=O) groups excluding carboxylic acids is 2. The Hall–Kier alpha value is -3.08. The third kappa shape index (κ3) is 4.80. The second-order valence-electron chi connectivity index (χ2n) is 5.64. The van der Waals surface area contributed by atoms with Crippen LogP contribution < -0.4 is 10.2 Å². The summed E-state index contributed by atoms with van der Waals surface area (Å²) in [4.78, 5) is 24.0. The molecule has 142 valence electrons. The Labute approximate surface area is 173 Å². The fourth-order valence-electron chi connectivity index (χ4n) is 2.25. The summed E-state index contributed by atoms with van der Waals surface area (Å²) in [5.41, 5.74) is 3.06. The predicted octanol–water partition coefficient (Wildman–Crippen LogP) is 3.15. The molecule has 0 unspecified atom stereocenters. The summed E-state index contributed by atoms with van der Waals surface area (Å²) >= 11 is 2.01. The molecule has 1 amide bonds. The Balaban J connectivity index is 1.59. The van der Waals surface area contributed by atoms with E-state index in [0.29, 0.717) is 14.9 Å². The van der Waals surface area contributed by atoms with Crippen LogP contribution in [0.15, 0.2) is 59.8 Å². The first-order valence-electron chi connectivity index (χ1n) is 8.03. The van der Waals surface area contributed by atoms with Gasteiger partial charge in [0.05, 0.1) is 15.3 Å². The van der Waals surface area contributed by atoms with Crippen LogP contribution in [0.3, 0.4) is 0 Å². The van der Waals surface area contributed by atoms with Crippen LogP contribution in [0.2, 0.25) is 0 Å². The van der Waals surface area contributed by atoms with Gasteiger partial charge in [-0.25, -0.2) is 14.6 Å². The maximum absolute atomic E-state index is 13.5. The van der Waals surface area contributed by atoms with Crippen LogP contribution in [-0.2, 0) is 7.05 Å². The van der Waals surface area contributed by atoms with Crippen molar-refractivity contribution in [3.8, 4) is 5.75 Å². The summed E-state index contributed by atoms with van der Waals surface area (Å²) in [6.07, 6.45) is 3.11. The third-order valence-corrected chi connectivity index (χ3v) is 4.36. The highest BCUT2D eigenvalue weighted by atomic mass is 127. The quantitative estimate of drug-likeness (QED) is 0.195. The van der Waals surface area contributed by atoms with Crippen LogP contribution >= 0.6 is 22.6 Å². The molecule has 0 aliphatic carbocycles. The van der Waals surface area contributed by atoms with Gasteiger partial charge in [0.1, 0.15) is 11.6 Å². The molecule has 3 aromatic rings. The number of nitrogens with one attached hydrogen (secondary N) is 1. The van der Waals surface area contributed by atoms with E-state index in [1.54, 1.807) is 43.6 Å². The number of aryl methyl sites for hydroxylation is 1. The first kappa shape index (κ1) is 19.7. The number of halogens is 2. The minimum Gasteiger partial charge on any atom is -0.422 e. The van der Waals surface area contributed by atoms with Crippen molar-refractivity contribution in [1.29, 1.82) is 0 Å². The van der Waals surface area contributed by atoms with Crippen molar-refractivity contribution in [3.63, 3.8) is 0 Å². The number of aromatic nitrogens is 2. The molecule has 9 heteroatoms. The molecular formula is C19H14FIN4O3. The largest absolute Gasteiger partial charge is 0.422 e. The third-order valence-electron chi connectivity index (χ3n) is 3.57. The SMILES string of the molecule is Cn1cc(I)c(C(=O)Oc2ccc(/C=N/NC(=O)c3ccccc3F)cc2)n1. The molecule has 1 aromatic heterocycles. The van der Waals surface area contributed by atoms with Crippen molar-refractivity contribution in [2.45, 2.75) is 0 Å². The van der Waals surface area contributed by atoms with E-state index in [1.165, 1.54) is 29.1 Å². The zero-order chi connectivity index (χ0) is 20.1. The van der Waals surface area contributed by atoms with E-state index >= 15 is 0 Å². The van der Waals surface area contributed by atoms with Crippen molar-refractivity contribution in [2.75, 3.05) is 0 Å². The van der Waals surface area contributed by atoms with Gasteiger partial charge in [0, 0.05) is 13.2 Å². The highest BCUT2D eigenvalue weighted by Crippen LogP contribution is 2.16. The maximum atomic E-state index is 13.5. The average molecular weight is 492 g/mol. The lowest BCUT2D eigenvalue weighted by atomic mass is 10.2. The molecule has 0 aliphatic rings. The van der Waals surface area contributed by atoms with E-state index in [9.17, 15) is 14.0 Å². The highest BCUT2D eigenvalue weighted by Gasteiger charge is 2.16. The first-order chi connectivity index (χ1) is 13.4. The molecule has 0 atom stereocenters. The molecule has 0 saturated carbocycles. The molecule has 0 saturated heterocycles. The van der Waals surface area contributed by atoms with Crippen LogP contribution in [-0.4, -0.2) is 27.9 Å². The average Bonchev–Trinajstić information content (AvgIpc) is 3.01. The summed E-state index contributed by atoms with van der Waals surface area (Å²) in [7, 11) is 1.72. The molecule has 0 radical (unpaired) electrons. The number of ether oxygens (including phenoxy) is 1. The zero-order valence-electron chi connectivity index (χ0n) is 14.6. The molecule has 28 heavy (non-hydrogen) atoms. The maximum Gasteiger partial charge on any atom is 0.365 e. The molecule has 7 nitrogen and oxygen atoms in total. The van der Waals surface area contributed by atoms with E-state index in [0.717, 1.165) is 0 Å². The van der Waals surface area contributed by atoms with Gasteiger partial charge in [0.25, 0.3) is 5.91 Å². The van der Waals surface area contributed by atoms with Crippen LogP contribution in [0.5, 0.6) is 5.75 Å². The Morgan fingerprint density at radius 3 is 2.57 bits per heavy atom. The van der Waals surface area contributed by atoms with Crippen molar-refractivity contribution in [3.05, 3.63) is 80.9 Å². The standard InChI is InChI=1S/C19H14FIN4O3/c1-25-11-16(21)17(24-25)19(27)28-13-8-6-12(7-9-13)10-22-23-18(26)14-4-2-3-5-15(14)20/h2-11H,1H3,(H,23,26)/b22-10+. The number of esters is 1. The number of rotatable bonds is 5. The lowest BCUT2D eigenvalue weighted by molar-refractivity contribution is 0.0726. The molecular weight excluding hydrogens is 478 g/mol. The van der Waals surface area contributed by atoms with Gasteiger partial charge in [-0.15, -0.1) is 0 Å². The van der Waals surface area contributed by atoms with E-state index in [1.807, 2.05) is 22.6 Å². The number of amides is 1. The van der Waals surface area contributed by atoms with Gasteiger partial charge < -0.3 is 4.74 Å². The lowest BCUT2D eigenvalue weighted by Gasteiger charge is -2.03. The van der Waals surface area contributed by atoms with E-state index < -0.39 is 17.7 Å². The molecule has 0 fully saturated rings. The Kier molecular flexibility index (Phi) is 6.14. The van der Waals surface area contributed by atoms with Gasteiger partial charge in [-0.3, -0.25) is 9.48 Å². The fourth-order valence-corrected chi connectivity index (χ4v) is 2.98. The Bertz CT molecular complexity index is 1050. The summed E-state index contributed by atoms with van der Waals surface area (Å²) in [5, 5.41) is 7.86. The molecule has 0 aliphatic heterocycles. The van der Waals surface area contributed by atoms with Crippen LogP contribution in [0.25, 0.3) is 0 Å². The van der Waals surface area contributed by atoms with Crippen molar-refractivity contribution in [2.24, 2.45) is 12.1 Å². The summed E-state index contributed by atoms with van der Waals surface area (Å²) in [5.74, 6) is -1.48. The van der Waals surface area contributed by atoms with E-state index in [4.69, 9.17) is 4.74 Å². The normalized spacial score (nSPS) is 10.8. The van der Waals surface area contributed by atoms with Crippen LogP contribution in [0.1, 0.15) is 26.4 Å². The molecule has 3 rings (SSSR count). The highest BCUT2D eigenvalue weighted by molar-refractivity contribution is 14.1. The van der Waals surface area contributed by atoms with Crippen LogP contribution in [0, 0.1) is 9.39 Å². The number of hydrogen-bond acceptors (Lipinski definition) is 5. The molecule has 1 N–H and O–H groups in total. The summed E-state index contributed by atoms with van der Waals surface area (Å²) in [6, 6.07) is 12.1. The van der Waals surface area contributed by atoms with Crippen molar-refractivity contribution >= 4 is 40.7 Å². The Morgan fingerprint density at radius 2 is 1.93 bits per heavy atom. The second kappa shape index (κ2) is 8.74. The van der Waals surface area contributed by atoms with Crippen molar-refractivity contribution < 1.29 is 18.7 Å².